The van der Waals surface area contributed by atoms with Crippen LogP contribution in [-0.4, -0.2) is 48.3 Å². The minimum Gasteiger partial charge on any atom is -0.366 e. The molecule has 0 saturated carbocycles. The van der Waals surface area contributed by atoms with Crippen molar-refractivity contribution in [2.75, 3.05) is 25.0 Å². The lowest BCUT2D eigenvalue weighted by Crippen LogP contribution is -2.39. The van der Waals surface area contributed by atoms with Crippen LogP contribution in [0.5, 0.6) is 0 Å². The lowest BCUT2D eigenvalue weighted by atomic mass is 9.99. The molecule has 0 radical (unpaired) electrons. The van der Waals surface area contributed by atoms with Crippen LogP contribution < -0.4 is 16.4 Å². The van der Waals surface area contributed by atoms with Crippen LogP contribution in [0.4, 0.5) is 5.69 Å². The Morgan fingerprint density at radius 3 is 2.68 bits per heavy atom. The summed E-state index contributed by atoms with van der Waals surface area (Å²) < 4.78 is 0. The van der Waals surface area contributed by atoms with E-state index in [1.54, 1.807) is 24.3 Å². The number of hydrogen-bond donors (Lipinski definition) is 3. The lowest BCUT2D eigenvalue weighted by molar-refractivity contribution is -0.124. The summed E-state index contributed by atoms with van der Waals surface area (Å²) in [4.78, 5) is 37.5. The normalized spacial score (nSPS) is 23.4. The monoisotopic (exact) mass is 344 g/mol. The molecule has 0 aliphatic carbocycles. The van der Waals surface area contributed by atoms with Crippen LogP contribution in [0, 0.1) is 5.92 Å². The van der Waals surface area contributed by atoms with E-state index < -0.39 is 5.91 Å². The number of rotatable bonds is 5. The molecular formula is C18H24N4O3. The number of nitrogens with two attached hydrogens (primary N) is 1. The van der Waals surface area contributed by atoms with E-state index in [1.165, 1.54) is 0 Å². The van der Waals surface area contributed by atoms with E-state index in [9.17, 15) is 14.4 Å². The highest BCUT2D eigenvalue weighted by atomic mass is 16.2. The Morgan fingerprint density at radius 2 is 1.96 bits per heavy atom. The van der Waals surface area contributed by atoms with Crippen LogP contribution >= 0.6 is 0 Å². The molecule has 3 amide bonds. The standard InChI is InChI=1S/C18H24N4O3/c19-17(24)12-4-6-14(7-5-12)20-16(23)8-9-22-10-13-2-1-3-15(11-22)21-18(13)25/h4-7,13,15H,1-3,8-11H2,(H2,19,24)(H,20,23)(H,21,25)/t13-,15+/m0/s1. The molecule has 7 nitrogen and oxygen atoms in total. The second-order valence-electron chi connectivity index (χ2n) is 6.83. The van der Waals surface area contributed by atoms with Crippen LogP contribution in [0.25, 0.3) is 0 Å². The number of anilines is 1. The molecular weight excluding hydrogens is 320 g/mol. The van der Waals surface area contributed by atoms with Gasteiger partial charge in [-0.05, 0) is 37.1 Å². The number of benzene rings is 1. The van der Waals surface area contributed by atoms with E-state index in [0.717, 1.165) is 32.4 Å². The van der Waals surface area contributed by atoms with Crippen molar-refractivity contribution >= 4 is 23.4 Å². The van der Waals surface area contributed by atoms with Gasteiger partial charge in [-0.2, -0.15) is 0 Å². The number of nitrogens with one attached hydrogen (secondary N) is 2. The predicted molar refractivity (Wildman–Crippen MR) is 93.9 cm³/mol. The number of likely N-dealkylation sites (tertiary alicyclic amines) is 1. The third-order valence-electron chi connectivity index (χ3n) is 4.89. The molecule has 2 heterocycles. The number of carbonyl (C=O) groups is 3. The highest BCUT2D eigenvalue weighted by molar-refractivity contribution is 5.94. The van der Waals surface area contributed by atoms with Crippen molar-refractivity contribution < 1.29 is 14.4 Å². The minimum atomic E-state index is -0.493. The van der Waals surface area contributed by atoms with Gasteiger partial charge >= 0.3 is 0 Å². The zero-order valence-electron chi connectivity index (χ0n) is 14.2. The van der Waals surface area contributed by atoms with E-state index in [-0.39, 0.29) is 23.8 Å². The number of primary amides is 1. The number of amides is 3. The van der Waals surface area contributed by atoms with Crippen molar-refractivity contribution in [3.05, 3.63) is 29.8 Å². The molecule has 4 N–H and O–H groups in total. The van der Waals surface area contributed by atoms with E-state index in [1.807, 2.05) is 0 Å². The van der Waals surface area contributed by atoms with Gasteiger partial charge in [0.1, 0.15) is 0 Å². The number of nitrogens with zero attached hydrogens (tertiary/aromatic N) is 1. The largest absolute Gasteiger partial charge is 0.366 e. The quantitative estimate of drug-likeness (QED) is 0.732. The Kier molecular flexibility index (Phi) is 5.33. The van der Waals surface area contributed by atoms with Gasteiger partial charge in [0, 0.05) is 43.3 Å². The van der Waals surface area contributed by atoms with Crippen LogP contribution in [0.1, 0.15) is 36.0 Å². The smallest absolute Gasteiger partial charge is 0.248 e. The second kappa shape index (κ2) is 7.65. The summed E-state index contributed by atoms with van der Waals surface area (Å²) in [7, 11) is 0. The zero-order valence-corrected chi connectivity index (χ0v) is 14.2. The Morgan fingerprint density at radius 1 is 1.20 bits per heavy atom. The van der Waals surface area contributed by atoms with Gasteiger partial charge in [0.15, 0.2) is 0 Å². The molecule has 2 aliphatic heterocycles. The molecule has 0 spiro atoms. The molecule has 0 unspecified atom stereocenters. The summed E-state index contributed by atoms with van der Waals surface area (Å²) >= 11 is 0. The predicted octanol–water partition coefficient (Wildman–Crippen LogP) is 0.715. The molecule has 134 valence electrons. The molecule has 0 aromatic heterocycles. The SMILES string of the molecule is NC(=O)c1ccc(NC(=O)CCN2C[C@H]3CCC[C@@H](C2)C(=O)N3)cc1. The lowest BCUT2D eigenvalue weighted by Gasteiger charge is -2.27. The molecule has 7 heteroatoms. The van der Waals surface area contributed by atoms with E-state index in [0.29, 0.717) is 24.2 Å². The van der Waals surface area contributed by atoms with Gasteiger partial charge in [0.05, 0.1) is 5.92 Å². The summed E-state index contributed by atoms with van der Waals surface area (Å²) in [6.45, 7) is 2.17. The average Bonchev–Trinajstić information content (AvgIpc) is 2.82. The Bertz CT molecular complexity index is 659. The van der Waals surface area contributed by atoms with Crippen molar-refractivity contribution in [1.29, 1.82) is 0 Å². The maximum Gasteiger partial charge on any atom is 0.248 e. The Hall–Kier alpha value is -2.41. The molecule has 2 saturated heterocycles. The summed E-state index contributed by atoms with van der Waals surface area (Å²) in [5, 5.41) is 5.92. The van der Waals surface area contributed by atoms with Crippen LogP contribution in [0.3, 0.4) is 0 Å². The van der Waals surface area contributed by atoms with Crippen molar-refractivity contribution in [3.63, 3.8) is 0 Å². The first-order chi connectivity index (χ1) is 12.0. The Balaban J connectivity index is 1.50. The van der Waals surface area contributed by atoms with Gasteiger partial charge < -0.3 is 16.4 Å². The van der Waals surface area contributed by atoms with Crippen molar-refractivity contribution in [3.8, 4) is 0 Å². The van der Waals surface area contributed by atoms with Gasteiger partial charge in [-0.1, -0.05) is 6.42 Å². The van der Waals surface area contributed by atoms with Gasteiger partial charge in [0.2, 0.25) is 17.7 Å². The van der Waals surface area contributed by atoms with Gasteiger partial charge in [-0.15, -0.1) is 0 Å². The molecule has 2 bridgehead atoms. The second-order valence-corrected chi connectivity index (χ2v) is 6.83. The van der Waals surface area contributed by atoms with Crippen LogP contribution in [0.2, 0.25) is 0 Å². The van der Waals surface area contributed by atoms with E-state index in [2.05, 4.69) is 15.5 Å². The summed E-state index contributed by atoms with van der Waals surface area (Å²) in [6, 6.07) is 6.70. The zero-order chi connectivity index (χ0) is 17.8. The van der Waals surface area contributed by atoms with E-state index >= 15 is 0 Å². The highest BCUT2D eigenvalue weighted by Crippen LogP contribution is 2.22. The topological polar surface area (TPSA) is 105 Å². The third kappa shape index (κ3) is 4.57. The van der Waals surface area contributed by atoms with E-state index in [4.69, 9.17) is 5.73 Å². The fourth-order valence-corrected chi connectivity index (χ4v) is 3.53. The molecule has 1 aromatic rings. The van der Waals surface area contributed by atoms with Crippen LogP contribution in [0.15, 0.2) is 24.3 Å². The molecule has 2 fully saturated rings. The Labute approximate surface area is 146 Å². The molecule has 25 heavy (non-hydrogen) atoms. The van der Waals surface area contributed by atoms with Crippen molar-refractivity contribution in [1.82, 2.24) is 10.2 Å². The van der Waals surface area contributed by atoms with Crippen molar-refractivity contribution in [2.45, 2.75) is 31.7 Å². The maximum absolute atomic E-state index is 12.2. The molecule has 2 atom stereocenters. The third-order valence-corrected chi connectivity index (χ3v) is 4.89. The average molecular weight is 344 g/mol. The maximum atomic E-state index is 12.2. The number of carbonyl (C=O) groups excluding carboxylic acids is 3. The van der Waals surface area contributed by atoms with Gasteiger partial charge in [-0.25, -0.2) is 0 Å². The number of fused-ring (bicyclic) bond motifs is 3. The molecule has 2 aliphatic rings. The fourth-order valence-electron chi connectivity index (χ4n) is 3.53. The summed E-state index contributed by atoms with van der Waals surface area (Å²) in [5.74, 6) is -0.380. The minimum absolute atomic E-state index is 0.0388. The molecule has 1 aromatic carbocycles. The first-order valence-electron chi connectivity index (χ1n) is 8.73. The number of hydrogen-bond acceptors (Lipinski definition) is 4. The summed E-state index contributed by atoms with van der Waals surface area (Å²) in [6.07, 6.45) is 3.39. The van der Waals surface area contributed by atoms with Gasteiger partial charge in [0.25, 0.3) is 0 Å². The molecule has 3 rings (SSSR count). The first kappa shape index (κ1) is 17.4. The highest BCUT2D eigenvalue weighted by Gasteiger charge is 2.32. The first-order valence-corrected chi connectivity index (χ1v) is 8.73. The van der Waals surface area contributed by atoms with Gasteiger partial charge in [-0.3, -0.25) is 19.3 Å². The summed E-state index contributed by atoms with van der Waals surface area (Å²) in [5.41, 5.74) is 6.24. The fraction of sp³-hybridized carbons (Fsp3) is 0.500. The van der Waals surface area contributed by atoms with Crippen molar-refractivity contribution in [2.24, 2.45) is 11.7 Å². The van der Waals surface area contributed by atoms with Crippen LogP contribution in [-0.2, 0) is 9.59 Å².